The number of hydrogen-bond acceptors (Lipinski definition) is 2. The van der Waals surface area contributed by atoms with E-state index in [0.29, 0.717) is 6.42 Å². The van der Waals surface area contributed by atoms with E-state index < -0.39 is 0 Å². The Balaban J connectivity index is 1.63. The van der Waals surface area contributed by atoms with Gasteiger partial charge in [-0.25, -0.2) is 0 Å². The van der Waals surface area contributed by atoms with Gasteiger partial charge in [0.05, 0.1) is 11.4 Å². The molecule has 1 aliphatic rings. The summed E-state index contributed by atoms with van der Waals surface area (Å²) >= 11 is 0. The summed E-state index contributed by atoms with van der Waals surface area (Å²) in [6.07, 6.45) is 5.06. The van der Waals surface area contributed by atoms with E-state index in [2.05, 4.69) is 54.4 Å². The summed E-state index contributed by atoms with van der Waals surface area (Å²) in [6, 6.07) is 14.6. The average Bonchev–Trinajstić information content (AvgIpc) is 2.62. The van der Waals surface area contributed by atoms with E-state index in [0.717, 1.165) is 30.9 Å². The van der Waals surface area contributed by atoms with Crippen LogP contribution in [0.3, 0.4) is 0 Å². The first-order chi connectivity index (χ1) is 12.1. The van der Waals surface area contributed by atoms with Gasteiger partial charge in [-0.1, -0.05) is 35.9 Å². The van der Waals surface area contributed by atoms with Gasteiger partial charge in [-0.05, 0) is 62.8 Å². The second kappa shape index (κ2) is 8.19. The lowest BCUT2D eigenvalue weighted by Crippen LogP contribution is -2.30. The number of carbonyl (C=O) groups is 1. The number of aryl methyl sites for hydroxylation is 3. The molecule has 1 heterocycles. The van der Waals surface area contributed by atoms with Gasteiger partial charge in [0.15, 0.2) is 0 Å². The van der Waals surface area contributed by atoms with Gasteiger partial charge in [-0.3, -0.25) is 4.79 Å². The molecule has 2 aromatic carbocycles. The van der Waals surface area contributed by atoms with Gasteiger partial charge in [-0.2, -0.15) is 0 Å². The van der Waals surface area contributed by atoms with Crippen molar-refractivity contribution in [3.05, 3.63) is 59.2 Å². The zero-order chi connectivity index (χ0) is 17.6. The Labute approximate surface area is 151 Å². The smallest absolute Gasteiger partial charge is 0.224 e. The highest BCUT2D eigenvalue weighted by molar-refractivity contribution is 5.94. The Kier molecular flexibility index (Phi) is 5.75. The Hall–Kier alpha value is -2.29. The molecule has 1 amide bonds. The third-order valence-corrected chi connectivity index (χ3v) is 4.99. The number of nitrogens with zero attached hydrogens (tertiary/aromatic N) is 1. The number of amides is 1. The lowest BCUT2D eigenvalue weighted by atomic mass is 10.0. The maximum Gasteiger partial charge on any atom is 0.224 e. The van der Waals surface area contributed by atoms with Crippen LogP contribution in [0.15, 0.2) is 42.5 Å². The van der Waals surface area contributed by atoms with E-state index in [1.165, 1.54) is 36.0 Å². The molecule has 0 bridgehead atoms. The highest BCUT2D eigenvalue weighted by Crippen LogP contribution is 2.28. The van der Waals surface area contributed by atoms with E-state index in [9.17, 15) is 4.79 Å². The molecule has 3 nitrogen and oxygen atoms in total. The molecular formula is C22H28N2O. The predicted molar refractivity (Wildman–Crippen MR) is 105 cm³/mol. The van der Waals surface area contributed by atoms with Crippen LogP contribution >= 0.6 is 0 Å². The molecule has 0 unspecified atom stereocenters. The summed E-state index contributed by atoms with van der Waals surface area (Å²) in [5.41, 5.74) is 5.88. The van der Waals surface area contributed by atoms with Crippen molar-refractivity contribution in [2.45, 2.75) is 46.0 Å². The molecule has 1 aliphatic heterocycles. The van der Waals surface area contributed by atoms with Gasteiger partial charge < -0.3 is 10.2 Å². The average molecular weight is 336 g/mol. The van der Waals surface area contributed by atoms with Gasteiger partial charge in [0, 0.05) is 19.5 Å². The molecule has 1 fully saturated rings. The van der Waals surface area contributed by atoms with Crippen molar-refractivity contribution in [3.8, 4) is 0 Å². The lowest BCUT2D eigenvalue weighted by Gasteiger charge is -2.30. The second-order valence-electron chi connectivity index (χ2n) is 7.04. The summed E-state index contributed by atoms with van der Waals surface area (Å²) in [5, 5.41) is 3.13. The molecule has 0 aromatic heterocycles. The molecule has 25 heavy (non-hydrogen) atoms. The molecule has 0 radical (unpaired) electrons. The zero-order valence-electron chi connectivity index (χ0n) is 15.3. The molecule has 1 saturated heterocycles. The zero-order valence-corrected chi connectivity index (χ0v) is 15.3. The first-order valence-electron chi connectivity index (χ1n) is 9.33. The van der Waals surface area contributed by atoms with Crippen LogP contribution in [0.4, 0.5) is 11.4 Å². The second-order valence-corrected chi connectivity index (χ2v) is 7.04. The maximum atomic E-state index is 12.5. The monoisotopic (exact) mass is 336 g/mol. The van der Waals surface area contributed by atoms with Gasteiger partial charge in [0.25, 0.3) is 0 Å². The molecule has 0 atom stereocenters. The largest absolute Gasteiger partial charge is 0.370 e. The normalized spacial score (nSPS) is 14.4. The van der Waals surface area contributed by atoms with Gasteiger partial charge >= 0.3 is 0 Å². The summed E-state index contributed by atoms with van der Waals surface area (Å²) in [5.74, 6) is 0.0874. The minimum Gasteiger partial charge on any atom is -0.370 e. The van der Waals surface area contributed by atoms with E-state index in [4.69, 9.17) is 0 Å². The van der Waals surface area contributed by atoms with Crippen molar-refractivity contribution in [1.82, 2.24) is 0 Å². The minimum absolute atomic E-state index is 0.0874. The molecule has 3 heteroatoms. The van der Waals surface area contributed by atoms with Crippen molar-refractivity contribution in [3.63, 3.8) is 0 Å². The van der Waals surface area contributed by atoms with Crippen LogP contribution < -0.4 is 10.2 Å². The van der Waals surface area contributed by atoms with Crippen molar-refractivity contribution in [2.24, 2.45) is 0 Å². The van der Waals surface area contributed by atoms with E-state index in [1.807, 2.05) is 12.1 Å². The number of nitrogens with one attached hydrogen (secondary N) is 1. The van der Waals surface area contributed by atoms with Crippen LogP contribution in [-0.4, -0.2) is 19.0 Å². The van der Waals surface area contributed by atoms with Crippen molar-refractivity contribution in [1.29, 1.82) is 0 Å². The lowest BCUT2D eigenvalue weighted by molar-refractivity contribution is -0.116. The van der Waals surface area contributed by atoms with Crippen LogP contribution in [0.5, 0.6) is 0 Å². The molecule has 3 rings (SSSR count). The first kappa shape index (κ1) is 17.5. The number of carbonyl (C=O) groups excluding carboxylic acids is 1. The molecular weight excluding hydrogens is 308 g/mol. The van der Waals surface area contributed by atoms with Crippen molar-refractivity contribution >= 4 is 17.3 Å². The number of anilines is 2. The standard InChI is InChI=1S/C22H28N2O/c1-17-10-11-19(18(2)16-17)12-13-22(25)23-20-8-4-5-9-21(20)24-14-6-3-7-15-24/h4-5,8-11,16H,3,6-7,12-15H2,1-2H3,(H,23,25). The topological polar surface area (TPSA) is 32.3 Å². The van der Waals surface area contributed by atoms with Crippen molar-refractivity contribution in [2.75, 3.05) is 23.3 Å². The molecule has 0 aliphatic carbocycles. The van der Waals surface area contributed by atoms with Crippen molar-refractivity contribution < 1.29 is 4.79 Å². The van der Waals surface area contributed by atoms with E-state index in [-0.39, 0.29) is 5.91 Å². The maximum absolute atomic E-state index is 12.5. The quantitative estimate of drug-likeness (QED) is 0.845. The SMILES string of the molecule is Cc1ccc(CCC(=O)Nc2ccccc2N2CCCCC2)c(C)c1. The van der Waals surface area contributed by atoms with Gasteiger partial charge in [-0.15, -0.1) is 0 Å². The highest BCUT2D eigenvalue weighted by Gasteiger charge is 2.15. The summed E-state index contributed by atoms with van der Waals surface area (Å²) < 4.78 is 0. The molecule has 0 spiro atoms. The van der Waals surface area contributed by atoms with Crippen LogP contribution in [-0.2, 0) is 11.2 Å². The number of rotatable bonds is 5. The predicted octanol–water partition coefficient (Wildman–Crippen LogP) is 4.87. The third-order valence-electron chi connectivity index (χ3n) is 4.99. The number of piperidine rings is 1. The van der Waals surface area contributed by atoms with E-state index >= 15 is 0 Å². The molecule has 0 saturated carbocycles. The van der Waals surface area contributed by atoms with Gasteiger partial charge in [0.1, 0.15) is 0 Å². The Morgan fingerprint density at radius 3 is 2.56 bits per heavy atom. The minimum atomic E-state index is 0.0874. The summed E-state index contributed by atoms with van der Waals surface area (Å²) in [7, 11) is 0. The Morgan fingerprint density at radius 2 is 1.80 bits per heavy atom. The number of benzene rings is 2. The number of para-hydroxylation sites is 2. The number of hydrogen-bond donors (Lipinski definition) is 1. The van der Waals surface area contributed by atoms with Crippen LogP contribution in [0.1, 0.15) is 42.4 Å². The Bertz CT molecular complexity index is 733. The molecule has 132 valence electrons. The fraction of sp³-hybridized carbons (Fsp3) is 0.409. The Morgan fingerprint density at radius 1 is 1.04 bits per heavy atom. The first-order valence-corrected chi connectivity index (χ1v) is 9.33. The van der Waals surface area contributed by atoms with Gasteiger partial charge in [0.2, 0.25) is 5.91 Å². The highest BCUT2D eigenvalue weighted by atomic mass is 16.1. The van der Waals surface area contributed by atoms with E-state index in [1.54, 1.807) is 0 Å². The van der Waals surface area contributed by atoms with Crippen LogP contribution in [0.2, 0.25) is 0 Å². The fourth-order valence-electron chi connectivity index (χ4n) is 3.58. The summed E-state index contributed by atoms with van der Waals surface area (Å²) in [6.45, 7) is 6.37. The van der Waals surface area contributed by atoms with Crippen LogP contribution in [0, 0.1) is 13.8 Å². The van der Waals surface area contributed by atoms with Crippen LogP contribution in [0.25, 0.3) is 0 Å². The summed E-state index contributed by atoms with van der Waals surface area (Å²) in [4.78, 5) is 14.9. The molecule has 2 aromatic rings. The third kappa shape index (κ3) is 4.62. The molecule has 1 N–H and O–H groups in total. The fourth-order valence-corrected chi connectivity index (χ4v) is 3.58.